The lowest BCUT2D eigenvalue weighted by Crippen LogP contribution is -2.30. The van der Waals surface area contributed by atoms with E-state index in [0.717, 1.165) is 16.2 Å². The van der Waals surface area contributed by atoms with Crippen LogP contribution in [0, 0.1) is 0 Å². The molecule has 1 amide bonds. The maximum Gasteiger partial charge on any atom is 0.405 e. The molecule has 0 fully saturated rings. The SMILES string of the molecule is CSc1cccc(Sc2ccc3c(c2)OCCC3NC(=O)O)c1. The van der Waals surface area contributed by atoms with E-state index >= 15 is 0 Å². The number of carboxylic acid groups (broad SMARTS) is 1. The summed E-state index contributed by atoms with van der Waals surface area (Å²) in [7, 11) is 0. The van der Waals surface area contributed by atoms with Crippen LogP contribution in [0.1, 0.15) is 18.0 Å². The van der Waals surface area contributed by atoms with Gasteiger partial charge in [-0.3, -0.25) is 0 Å². The Balaban J connectivity index is 1.81. The maximum atomic E-state index is 10.9. The van der Waals surface area contributed by atoms with Crippen LogP contribution in [0.3, 0.4) is 0 Å². The Morgan fingerprint density at radius 3 is 2.78 bits per heavy atom. The molecule has 2 N–H and O–H groups in total. The third-order valence-corrected chi connectivity index (χ3v) is 5.30. The Hall–Kier alpha value is -1.79. The molecule has 0 aliphatic carbocycles. The fraction of sp³-hybridized carbons (Fsp3) is 0.235. The van der Waals surface area contributed by atoms with E-state index in [-0.39, 0.29) is 6.04 Å². The summed E-state index contributed by atoms with van der Waals surface area (Å²) in [4.78, 5) is 14.4. The first kappa shape index (κ1) is 16.1. The number of nitrogens with one attached hydrogen (secondary N) is 1. The number of carbonyl (C=O) groups is 1. The van der Waals surface area contributed by atoms with Gasteiger partial charge in [0.05, 0.1) is 12.6 Å². The Morgan fingerprint density at radius 2 is 2.00 bits per heavy atom. The molecule has 1 aliphatic heterocycles. The van der Waals surface area contributed by atoms with Crippen LogP contribution < -0.4 is 10.1 Å². The first-order valence-electron chi connectivity index (χ1n) is 7.24. The normalized spacial score (nSPS) is 16.3. The summed E-state index contributed by atoms with van der Waals surface area (Å²) >= 11 is 3.40. The lowest BCUT2D eigenvalue weighted by Gasteiger charge is -2.26. The molecule has 1 aliphatic rings. The maximum absolute atomic E-state index is 10.9. The highest BCUT2D eigenvalue weighted by atomic mass is 32.2. The summed E-state index contributed by atoms with van der Waals surface area (Å²) in [6, 6.07) is 14.1. The van der Waals surface area contributed by atoms with Gasteiger partial charge in [-0.1, -0.05) is 23.9 Å². The highest BCUT2D eigenvalue weighted by Crippen LogP contribution is 2.37. The summed E-state index contributed by atoms with van der Waals surface area (Å²) in [5, 5.41) is 11.5. The van der Waals surface area contributed by atoms with Crippen LogP contribution in [0.25, 0.3) is 0 Å². The summed E-state index contributed by atoms with van der Waals surface area (Å²) in [6.07, 6.45) is 1.71. The number of hydrogen-bond donors (Lipinski definition) is 2. The van der Waals surface area contributed by atoms with Crippen LogP contribution in [0.15, 0.2) is 57.2 Å². The standard InChI is InChI=1S/C17H17NO3S2/c1-22-11-3-2-4-12(9-11)23-13-5-6-14-15(18-17(19)20)7-8-21-16(14)10-13/h2-6,9-10,15,18H,7-8H2,1H3,(H,19,20). The fourth-order valence-electron chi connectivity index (χ4n) is 2.53. The van der Waals surface area contributed by atoms with Crippen molar-refractivity contribution in [2.45, 2.75) is 27.1 Å². The Bertz CT molecular complexity index is 721. The first-order chi connectivity index (χ1) is 11.2. The molecule has 0 spiro atoms. The molecule has 2 aromatic rings. The van der Waals surface area contributed by atoms with Crippen molar-refractivity contribution in [2.75, 3.05) is 12.9 Å². The van der Waals surface area contributed by atoms with E-state index in [4.69, 9.17) is 9.84 Å². The minimum atomic E-state index is -1.00. The highest BCUT2D eigenvalue weighted by Gasteiger charge is 2.23. The summed E-state index contributed by atoms with van der Waals surface area (Å²) in [5.41, 5.74) is 0.904. The molecule has 0 bridgehead atoms. The molecular formula is C17H17NO3S2. The quantitative estimate of drug-likeness (QED) is 0.788. The van der Waals surface area contributed by atoms with E-state index in [1.807, 2.05) is 18.2 Å². The molecule has 0 saturated carbocycles. The zero-order chi connectivity index (χ0) is 16.2. The van der Waals surface area contributed by atoms with Gasteiger partial charge in [0.25, 0.3) is 0 Å². The number of amides is 1. The van der Waals surface area contributed by atoms with Crippen molar-refractivity contribution in [1.82, 2.24) is 5.32 Å². The van der Waals surface area contributed by atoms with Crippen LogP contribution in [-0.4, -0.2) is 24.1 Å². The second-order valence-electron chi connectivity index (χ2n) is 5.12. The molecule has 1 atom stereocenters. The number of rotatable bonds is 4. The molecule has 2 aromatic carbocycles. The number of hydrogen-bond acceptors (Lipinski definition) is 4. The van der Waals surface area contributed by atoms with Gasteiger partial charge in [0, 0.05) is 26.7 Å². The summed E-state index contributed by atoms with van der Waals surface area (Å²) in [5.74, 6) is 0.765. The summed E-state index contributed by atoms with van der Waals surface area (Å²) < 4.78 is 5.71. The van der Waals surface area contributed by atoms with Gasteiger partial charge in [-0.05, 0) is 36.6 Å². The van der Waals surface area contributed by atoms with E-state index in [0.29, 0.717) is 13.0 Å². The minimum Gasteiger partial charge on any atom is -0.493 e. The average Bonchev–Trinajstić information content (AvgIpc) is 2.54. The van der Waals surface area contributed by atoms with Crippen molar-refractivity contribution in [1.29, 1.82) is 0 Å². The Kier molecular flexibility index (Phi) is 5.03. The van der Waals surface area contributed by atoms with Gasteiger partial charge >= 0.3 is 6.09 Å². The molecule has 1 unspecified atom stereocenters. The molecule has 0 radical (unpaired) electrons. The van der Waals surface area contributed by atoms with Gasteiger partial charge < -0.3 is 15.2 Å². The van der Waals surface area contributed by atoms with Crippen molar-refractivity contribution < 1.29 is 14.6 Å². The van der Waals surface area contributed by atoms with Gasteiger partial charge in [-0.15, -0.1) is 11.8 Å². The lowest BCUT2D eigenvalue weighted by molar-refractivity contribution is 0.182. The predicted molar refractivity (Wildman–Crippen MR) is 92.8 cm³/mol. The van der Waals surface area contributed by atoms with Crippen molar-refractivity contribution in [3.8, 4) is 5.75 Å². The largest absolute Gasteiger partial charge is 0.493 e. The van der Waals surface area contributed by atoms with Crippen LogP contribution >= 0.6 is 23.5 Å². The minimum absolute atomic E-state index is 0.199. The van der Waals surface area contributed by atoms with E-state index in [9.17, 15) is 4.79 Å². The van der Waals surface area contributed by atoms with Gasteiger partial charge in [0.15, 0.2) is 0 Å². The van der Waals surface area contributed by atoms with Crippen LogP contribution in [0.2, 0.25) is 0 Å². The Morgan fingerprint density at radius 1 is 1.22 bits per heavy atom. The molecule has 3 rings (SSSR count). The molecule has 6 heteroatoms. The van der Waals surface area contributed by atoms with Crippen molar-refractivity contribution in [2.24, 2.45) is 0 Å². The fourth-order valence-corrected chi connectivity index (χ4v) is 3.97. The number of ether oxygens (including phenoxy) is 1. The third-order valence-electron chi connectivity index (χ3n) is 3.60. The topological polar surface area (TPSA) is 58.6 Å². The second-order valence-corrected chi connectivity index (χ2v) is 7.15. The van der Waals surface area contributed by atoms with Gasteiger partial charge in [-0.25, -0.2) is 4.79 Å². The monoisotopic (exact) mass is 347 g/mol. The zero-order valence-corrected chi connectivity index (χ0v) is 14.2. The van der Waals surface area contributed by atoms with E-state index in [2.05, 4.69) is 35.8 Å². The van der Waals surface area contributed by atoms with E-state index in [1.165, 1.54) is 9.79 Å². The molecule has 120 valence electrons. The van der Waals surface area contributed by atoms with Crippen molar-refractivity contribution in [3.63, 3.8) is 0 Å². The average molecular weight is 347 g/mol. The van der Waals surface area contributed by atoms with E-state index < -0.39 is 6.09 Å². The zero-order valence-electron chi connectivity index (χ0n) is 12.6. The first-order valence-corrected chi connectivity index (χ1v) is 9.28. The molecule has 0 saturated heterocycles. The number of benzene rings is 2. The van der Waals surface area contributed by atoms with Crippen LogP contribution in [0.5, 0.6) is 5.75 Å². The third kappa shape index (κ3) is 3.95. The molecule has 23 heavy (non-hydrogen) atoms. The predicted octanol–water partition coefficient (Wildman–Crippen LogP) is 4.65. The highest BCUT2D eigenvalue weighted by molar-refractivity contribution is 7.99. The van der Waals surface area contributed by atoms with Crippen molar-refractivity contribution >= 4 is 29.6 Å². The Labute approximate surface area is 143 Å². The van der Waals surface area contributed by atoms with Crippen molar-refractivity contribution in [3.05, 3.63) is 48.0 Å². The molecule has 0 aromatic heterocycles. The second kappa shape index (κ2) is 7.19. The van der Waals surface area contributed by atoms with E-state index in [1.54, 1.807) is 23.5 Å². The molecular weight excluding hydrogens is 330 g/mol. The van der Waals surface area contributed by atoms with Gasteiger partial charge in [-0.2, -0.15) is 0 Å². The van der Waals surface area contributed by atoms with Crippen LogP contribution in [0.4, 0.5) is 4.79 Å². The smallest absolute Gasteiger partial charge is 0.405 e. The number of fused-ring (bicyclic) bond motifs is 1. The molecule has 4 nitrogen and oxygen atoms in total. The van der Waals surface area contributed by atoms with Gasteiger partial charge in [0.2, 0.25) is 0 Å². The molecule has 1 heterocycles. The summed E-state index contributed by atoms with van der Waals surface area (Å²) in [6.45, 7) is 0.522. The lowest BCUT2D eigenvalue weighted by atomic mass is 10.0. The number of thioether (sulfide) groups is 1. The van der Waals surface area contributed by atoms with Gasteiger partial charge in [0.1, 0.15) is 5.75 Å². The van der Waals surface area contributed by atoms with Crippen LogP contribution in [-0.2, 0) is 0 Å².